The second kappa shape index (κ2) is 30.4. The smallest absolute Gasteiger partial charge is 0.0704 e. The van der Waals surface area contributed by atoms with Crippen molar-refractivity contribution in [1.29, 1.82) is 0 Å². The zero-order valence-electron chi connectivity index (χ0n) is 20.1. The lowest BCUT2D eigenvalue weighted by molar-refractivity contribution is -0.0246. The maximum Gasteiger partial charge on any atom is 0.0704 e. The Balaban J connectivity index is 2.99. The highest BCUT2D eigenvalue weighted by molar-refractivity contribution is 4.63. The van der Waals surface area contributed by atoms with Gasteiger partial charge in [-0.3, -0.25) is 0 Å². The first-order chi connectivity index (χ1) is 15.9. The van der Waals surface area contributed by atoms with E-state index in [9.17, 15) is 0 Å². The molecule has 0 N–H and O–H groups in total. The summed E-state index contributed by atoms with van der Waals surface area (Å²) in [7, 11) is 0. The molecule has 0 aliphatic heterocycles. The van der Waals surface area contributed by atoms with Crippen molar-refractivity contribution in [3.05, 3.63) is 12.7 Å². The van der Waals surface area contributed by atoms with Crippen LogP contribution in [0.5, 0.6) is 0 Å². The van der Waals surface area contributed by atoms with Crippen molar-refractivity contribution < 1.29 is 42.6 Å². The molecule has 192 valence electrons. The number of ether oxygens (including phenoxy) is 9. The first-order valence-electron chi connectivity index (χ1n) is 11.7. The average molecular weight is 467 g/mol. The van der Waals surface area contributed by atoms with E-state index in [1.165, 1.54) is 0 Å². The first-order valence-corrected chi connectivity index (χ1v) is 11.7. The number of hydrogen-bond donors (Lipinski definition) is 0. The molecule has 32 heavy (non-hydrogen) atoms. The standard InChI is InChI=1S/C23H46O9/c1-3-5-7-25-9-11-27-13-15-29-17-19-31-21-23-32-22-20-30-18-16-28-14-12-26-10-8-24-6-4-2/h4H,2-3,5-23H2,1H3. The van der Waals surface area contributed by atoms with E-state index in [1.54, 1.807) is 6.08 Å². The lowest BCUT2D eigenvalue weighted by Crippen LogP contribution is -2.15. The van der Waals surface area contributed by atoms with E-state index in [0.29, 0.717) is 112 Å². The number of hydrogen-bond acceptors (Lipinski definition) is 9. The molecule has 9 heteroatoms. The molecule has 0 spiro atoms. The van der Waals surface area contributed by atoms with Crippen LogP contribution in [-0.4, -0.2) is 119 Å². The molecule has 0 rings (SSSR count). The van der Waals surface area contributed by atoms with Crippen LogP contribution < -0.4 is 0 Å². The highest BCUT2D eigenvalue weighted by Gasteiger charge is 1.95. The quantitative estimate of drug-likeness (QED) is 0.122. The van der Waals surface area contributed by atoms with Crippen LogP contribution in [0.2, 0.25) is 0 Å². The molecule has 0 unspecified atom stereocenters. The second-order valence-electron chi connectivity index (χ2n) is 6.62. The van der Waals surface area contributed by atoms with Gasteiger partial charge in [0.15, 0.2) is 0 Å². The monoisotopic (exact) mass is 466 g/mol. The predicted molar refractivity (Wildman–Crippen MR) is 122 cm³/mol. The normalized spacial score (nSPS) is 11.3. The van der Waals surface area contributed by atoms with Crippen molar-refractivity contribution in [2.24, 2.45) is 0 Å². The SMILES string of the molecule is C=CCOCCOCCOCCOCCOCCOCCOCCOCCOCCCC. The third kappa shape index (κ3) is 29.4. The van der Waals surface area contributed by atoms with Crippen LogP contribution in [0.15, 0.2) is 12.7 Å². The van der Waals surface area contributed by atoms with Gasteiger partial charge in [-0.15, -0.1) is 6.58 Å². The van der Waals surface area contributed by atoms with Gasteiger partial charge in [0, 0.05) is 6.61 Å². The summed E-state index contributed by atoms with van der Waals surface area (Å²) in [6.07, 6.45) is 3.97. The molecule has 0 aliphatic carbocycles. The van der Waals surface area contributed by atoms with Crippen molar-refractivity contribution >= 4 is 0 Å². The Morgan fingerprint density at radius 3 is 0.906 bits per heavy atom. The molecule has 0 saturated carbocycles. The zero-order valence-corrected chi connectivity index (χ0v) is 20.1. The summed E-state index contributed by atoms with van der Waals surface area (Å²) in [5, 5.41) is 0. The molecule has 9 nitrogen and oxygen atoms in total. The van der Waals surface area contributed by atoms with Gasteiger partial charge in [-0.2, -0.15) is 0 Å². The molecule has 0 aromatic heterocycles. The fourth-order valence-corrected chi connectivity index (χ4v) is 2.17. The van der Waals surface area contributed by atoms with Gasteiger partial charge in [0.2, 0.25) is 0 Å². The van der Waals surface area contributed by atoms with Crippen molar-refractivity contribution in [2.45, 2.75) is 19.8 Å². The fourth-order valence-electron chi connectivity index (χ4n) is 2.17. The van der Waals surface area contributed by atoms with E-state index in [-0.39, 0.29) is 0 Å². The molecule has 0 bridgehead atoms. The minimum Gasteiger partial charge on any atom is -0.379 e. The van der Waals surface area contributed by atoms with Crippen LogP contribution in [0.3, 0.4) is 0 Å². The average Bonchev–Trinajstić information content (AvgIpc) is 2.81. The Bertz CT molecular complexity index is 345. The molecule has 0 aliphatic rings. The third-order valence-corrected chi connectivity index (χ3v) is 3.85. The number of unbranched alkanes of at least 4 members (excludes halogenated alkanes) is 1. The Morgan fingerprint density at radius 2 is 0.656 bits per heavy atom. The van der Waals surface area contributed by atoms with Crippen LogP contribution in [0, 0.1) is 0 Å². The summed E-state index contributed by atoms with van der Waals surface area (Å²) < 4.78 is 48.5. The number of rotatable bonds is 29. The summed E-state index contributed by atoms with van der Waals surface area (Å²) in [6.45, 7) is 16.0. The van der Waals surface area contributed by atoms with E-state index in [2.05, 4.69) is 13.5 Å². The van der Waals surface area contributed by atoms with Gasteiger partial charge in [-0.1, -0.05) is 19.4 Å². The highest BCUT2D eigenvalue weighted by atomic mass is 16.6. The minimum atomic E-state index is 0.535. The van der Waals surface area contributed by atoms with Gasteiger partial charge in [0.1, 0.15) is 0 Å². The predicted octanol–water partition coefficient (Wildman–Crippen LogP) is 2.12. The maximum absolute atomic E-state index is 5.44. The Morgan fingerprint density at radius 1 is 0.406 bits per heavy atom. The van der Waals surface area contributed by atoms with Gasteiger partial charge >= 0.3 is 0 Å². The molecule has 0 saturated heterocycles. The summed E-state index contributed by atoms with van der Waals surface area (Å²) >= 11 is 0. The van der Waals surface area contributed by atoms with Gasteiger partial charge in [0.05, 0.1) is 112 Å². The van der Waals surface area contributed by atoms with E-state index in [4.69, 9.17) is 42.6 Å². The van der Waals surface area contributed by atoms with Gasteiger partial charge in [-0.05, 0) is 6.42 Å². The van der Waals surface area contributed by atoms with Gasteiger partial charge < -0.3 is 42.6 Å². The van der Waals surface area contributed by atoms with Crippen LogP contribution in [0.1, 0.15) is 19.8 Å². The lowest BCUT2D eigenvalue weighted by Gasteiger charge is -2.08. The van der Waals surface area contributed by atoms with Crippen molar-refractivity contribution in [2.75, 3.05) is 119 Å². The second-order valence-corrected chi connectivity index (χ2v) is 6.62. The fraction of sp³-hybridized carbons (Fsp3) is 0.913. The Labute approximate surface area is 194 Å². The molecule has 0 atom stereocenters. The zero-order chi connectivity index (χ0) is 23.2. The molecule has 0 aromatic rings. The largest absolute Gasteiger partial charge is 0.379 e. The molecule has 0 fully saturated rings. The Hall–Kier alpha value is -0.620. The molecule has 0 heterocycles. The van der Waals surface area contributed by atoms with Crippen LogP contribution in [0.4, 0.5) is 0 Å². The van der Waals surface area contributed by atoms with Crippen LogP contribution in [0.25, 0.3) is 0 Å². The lowest BCUT2D eigenvalue weighted by atomic mass is 10.4. The van der Waals surface area contributed by atoms with Crippen LogP contribution in [-0.2, 0) is 42.6 Å². The summed E-state index contributed by atoms with van der Waals surface area (Å²) in [6, 6.07) is 0. The molecule has 0 radical (unpaired) electrons. The highest BCUT2D eigenvalue weighted by Crippen LogP contribution is 1.88. The minimum absolute atomic E-state index is 0.535. The third-order valence-electron chi connectivity index (χ3n) is 3.85. The van der Waals surface area contributed by atoms with E-state index in [1.807, 2.05) is 0 Å². The first kappa shape index (κ1) is 31.4. The van der Waals surface area contributed by atoms with Gasteiger partial charge in [-0.25, -0.2) is 0 Å². The summed E-state index contributed by atoms with van der Waals surface area (Å²) in [4.78, 5) is 0. The molecule has 0 amide bonds. The van der Waals surface area contributed by atoms with E-state index >= 15 is 0 Å². The van der Waals surface area contributed by atoms with E-state index < -0.39 is 0 Å². The van der Waals surface area contributed by atoms with E-state index in [0.717, 1.165) is 19.4 Å². The maximum atomic E-state index is 5.44. The molecule has 0 aromatic carbocycles. The van der Waals surface area contributed by atoms with Crippen molar-refractivity contribution in [1.82, 2.24) is 0 Å². The Kier molecular flexibility index (Phi) is 29.8. The van der Waals surface area contributed by atoms with Gasteiger partial charge in [0.25, 0.3) is 0 Å². The van der Waals surface area contributed by atoms with Crippen molar-refractivity contribution in [3.8, 4) is 0 Å². The summed E-state index contributed by atoms with van der Waals surface area (Å²) in [5.41, 5.74) is 0. The van der Waals surface area contributed by atoms with Crippen molar-refractivity contribution in [3.63, 3.8) is 0 Å². The molecular formula is C23H46O9. The van der Waals surface area contributed by atoms with Crippen LogP contribution >= 0.6 is 0 Å². The topological polar surface area (TPSA) is 83.1 Å². The summed E-state index contributed by atoms with van der Waals surface area (Å²) in [5.74, 6) is 0. The molecular weight excluding hydrogens is 420 g/mol.